The van der Waals surface area contributed by atoms with Crippen LogP contribution in [0, 0.1) is 11.7 Å². The lowest BCUT2D eigenvalue weighted by Gasteiger charge is -2.15. The van der Waals surface area contributed by atoms with E-state index in [9.17, 15) is 4.39 Å². The topological polar surface area (TPSA) is 51.0 Å². The highest BCUT2D eigenvalue weighted by Gasteiger charge is 2.15. The largest absolute Gasteiger partial charge is 0.339 e. The van der Waals surface area contributed by atoms with Crippen LogP contribution >= 0.6 is 15.9 Å². The van der Waals surface area contributed by atoms with Crippen molar-refractivity contribution < 1.29 is 8.91 Å². The lowest BCUT2D eigenvalue weighted by atomic mass is 10.0. The Hall–Kier alpha value is -1.27. The molecule has 1 heterocycles. The first kappa shape index (κ1) is 16.1. The third kappa shape index (κ3) is 4.35. The molecule has 4 nitrogen and oxygen atoms in total. The molecule has 0 aliphatic rings. The molecule has 0 bridgehead atoms. The first-order chi connectivity index (χ1) is 9.99. The van der Waals surface area contributed by atoms with Crippen molar-refractivity contribution in [3.05, 3.63) is 34.4 Å². The maximum atomic E-state index is 13.2. The molecule has 0 amide bonds. The summed E-state index contributed by atoms with van der Waals surface area (Å²) in [6.07, 6.45) is 1.72. The Morgan fingerprint density at radius 2 is 2.14 bits per heavy atom. The lowest BCUT2D eigenvalue weighted by molar-refractivity contribution is 0.345. The zero-order valence-corrected chi connectivity index (χ0v) is 13.9. The van der Waals surface area contributed by atoms with E-state index in [-0.39, 0.29) is 5.82 Å². The van der Waals surface area contributed by atoms with E-state index in [2.05, 4.69) is 45.2 Å². The molecule has 1 N–H and O–H groups in total. The predicted octanol–water partition coefficient (Wildman–Crippen LogP) is 3.81. The fourth-order valence-electron chi connectivity index (χ4n) is 2.17. The van der Waals surface area contributed by atoms with Crippen LogP contribution in [-0.4, -0.2) is 23.2 Å². The second-order valence-electron chi connectivity index (χ2n) is 5.46. The molecule has 0 spiro atoms. The Morgan fingerprint density at radius 1 is 1.38 bits per heavy atom. The van der Waals surface area contributed by atoms with Crippen LogP contribution in [0.5, 0.6) is 0 Å². The minimum absolute atomic E-state index is 0.304. The first-order valence-corrected chi connectivity index (χ1v) is 7.74. The van der Waals surface area contributed by atoms with Gasteiger partial charge in [-0.15, -0.1) is 0 Å². The van der Waals surface area contributed by atoms with Gasteiger partial charge in [0, 0.05) is 18.0 Å². The van der Waals surface area contributed by atoms with Crippen molar-refractivity contribution in [1.29, 1.82) is 0 Å². The Morgan fingerprint density at radius 3 is 2.76 bits per heavy atom. The summed E-state index contributed by atoms with van der Waals surface area (Å²) in [7, 11) is 1.93. The molecule has 1 aromatic carbocycles. The van der Waals surface area contributed by atoms with E-state index in [1.165, 1.54) is 6.07 Å². The summed E-state index contributed by atoms with van der Waals surface area (Å²) >= 11 is 3.16. The smallest absolute Gasteiger partial charge is 0.228 e. The van der Waals surface area contributed by atoms with Gasteiger partial charge in [0.15, 0.2) is 0 Å². The van der Waals surface area contributed by atoms with E-state index in [0.29, 0.717) is 34.6 Å². The average Bonchev–Trinajstić information content (AvgIpc) is 2.89. The Balaban J connectivity index is 2.11. The standard InChI is InChI=1S/C15H19BrFN3O/c1-9(2)6-11(18-3)8-14-19-15(20-21-14)10-4-5-13(17)12(16)7-10/h4-5,7,9,11,18H,6,8H2,1-3H3. The molecule has 0 saturated heterocycles. The third-order valence-electron chi connectivity index (χ3n) is 3.23. The monoisotopic (exact) mass is 355 g/mol. The molecule has 6 heteroatoms. The SMILES string of the molecule is CNC(Cc1nc(-c2ccc(F)c(Br)c2)no1)CC(C)C. The molecule has 21 heavy (non-hydrogen) atoms. The second kappa shape index (κ2) is 7.13. The number of likely N-dealkylation sites (N-methyl/N-ethyl adjacent to an activating group) is 1. The van der Waals surface area contributed by atoms with Crippen molar-refractivity contribution in [1.82, 2.24) is 15.5 Å². The van der Waals surface area contributed by atoms with E-state index >= 15 is 0 Å². The summed E-state index contributed by atoms with van der Waals surface area (Å²) in [6.45, 7) is 4.36. The molecule has 0 aliphatic heterocycles. The number of aromatic nitrogens is 2. The van der Waals surface area contributed by atoms with E-state index in [1.807, 2.05) is 7.05 Å². The summed E-state index contributed by atoms with van der Waals surface area (Å²) in [4.78, 5) is 4.39. The number of nitrogens with zero attached hydrogens (tertiary/aromatic N) is 2. The van der Waals surface area contributed by atoms with Crippen LogP contribution in [-0.2, 0) is 6.42 Å². The Labute approximate surface area is 132 Å². The number of halogens is 2. The maximum absolute atomic E-state index is 13.2. The normalized spacial score (nSPS) is 12.9. The molecule has 114 valence electrons. The van der Waals surface area contributed by atoms with E-state index in [1.54, 1.807) is 12.1 Å². The molecule has 0 fully saturated rings. The molecule has 0 saturated carbocycles. The number of hydrogen-bond acceptors (Lipinski definition) is 4. The molecule has 1 atom stereocenters. The first-order valence-electron chi connectivity index (χ1n) is 6.95. The van der Waals surface area contributed by atoms with Crippen LogP contribution in [0.15, 0.2) is 27.2 Å². The zero-order valence-electron chi connectivity index (χ0n) is 12.4. The van der Waals surface area contributed by atoms with Gasteiger partial charge in [0.05, 0.1) is 4.47 Å². The summed E-state index contributed by atoms with van der Waals surface area (Å²) in [5.74, 6) is 1.35. The van der Waals surface area contributed by atoms with Gasteiger partial charge in [-0.25, -0.2) is 4.39 Å². The Bertz CT molecular complexity index is 600. The summed E-state index contributed by atoms with van der Waals surface area (Å²) in [5, 5.41) is 7.23. The highest BCUT2D eigenvalue weighted by Crippen LogP contribution is 2.23. The van der Waals surface area contributed by atoms with E-state index in [4.69, 9.17) is 4.52 Å². The van der Waals surface area contributed by atoms with Crippen LogP contribution in [0.4, 0.5) is 4.39 Å². The van der Waals surface area contributed by atoms with Gasteiger partial charge in [-0.05, 0) is 53.5 Å². The van der Waals surface area contributed by atoms with Gasteiger partial charge in [-0.2, -0.15) is 4.98 Å². The maximum Gasteiger partial charge on any atom is 0.228 e. The van der Waals surface area contributed by atoms with Gasteiger partial charge in [0.1, 0.15) is 5.82 Å². The van der Waals surface area contributed by atoms with Crippen LogP contribution in [0.3, 0.4) is 0 Å². The number of rotatable bonds is 6. The van der Waals surface area contributed by atoms with Crippen molar-refractivity contribution >= 4 is 15.9 Å². The molecular formula is C15H19BrFN3O. The number of nitrogens with one attached hydrogen (secondary N) is 1. The third-order valence-corrected chi connectivity index (χ3v) is 3.84. The fraction of sp³-hybridized carbons (Fsp3) is 0.467. The lowest BCUT2D eigenvalue weighted by Crippen LogP contribution is -2.29. The fourth-order valence-corrected chi connectivity index (χ4v) is 2.55. The number of hydrogen-bond donors (Lipinski definition) is 1. The van der Waals surface area contributed by atoms with Crippen molar-refractivity contribution in [3.8, 4) is 11.4 Å². The molecule has 2 rings (SSSR count). The van der Waals surface area contributed by atoms with Crippen molar-refractivity contribution in [3.63, 3.8) is 0 Å². The van der Waals surface area contributed by atoms with Crippen LogP contribution < -0.4 is 5.32 Å². The van der Waals surface area contributed by atoms with Crippen molar-refractivity contribution in [2.75, 3.05) is 7.05 Å². The highest BCUT2D eigenvalue weighted by atomic mass is 79.9. The molecule has 0 aliphatic carbocycles. The van der Waals surface area contributed by atoms with Gasteiger partial charge in [0.25, 0.3) is 0 Å². The summed E-state index contributed by atoms with van der Waals surface area (Å²) < 4.78 is 18.9. The minimum Gasteiger partial charge on any atom is -0.339 e. The second-order valence-corrected chi connectivity index (χ2v) is 6.31. The van der Waals surface area contributed by atoms with Crippen LogP contribution in [0.1, 0.15) is 26.2 Å². The van der Waals surface area contributed by atoms with Crippen LogP contribution in [0.25, 0.3) is 11.4 Å². The predicted molar refractivity (Wildman–Crippen MR) is 83.4 cm³/mol. The zero-order chi connectivity index (χ0) is 15.4. The van der Waals surface area contributed by atoms with Gasteiger partial charge in [-0.3, -0.25) is 0 Å². The Kier molecular flexibility index (Phi) is 5.47. The van der Waals surface area contributed by atoms with E-state index < -0.39 is 0 Å². The van der Waals surface area contributed by atoms with Gasteiger partial charge in [-0.1, -0.05) is 19.0 Å². The molecule has 1 aromatic heterocycles. The van der Waals surface area contributed by atoms with Gasteiger partial charge >= 0.3 is 0 Å². The van der Waals surface area contributed by atoms with Crippen LogP contribution in [0.2, 0.25) is 0 Å². The summed E-state index contributed by atoms with van der Waals surface area (Å²) in [6, 6.07) is 4.97. The van der Waals surface area contributed by atoms with E-state index in [0.717, 1.165) is 12.0 Å². The summed E-state index contributed by atoms with van der Waals surface area (Å²) in [5.41, 5.74) is 0.725. The quantitative estimate of drug-likeness (QED) is 0.855. The van der Waals surface area contributed by atoms with Gasteiger partial charge < -0.3 is 9.84 Å². The molecule has 1 unspecified atom stereocenters. The molecule has 2 aromatic rings. The molecule has 0 radical (unpaired) electrons. The minimum atomic E-state index is -0.311. The average molecular weight is 356 g/mol. The highest BCUT2D eigenvalue weighted by molar-refractivity contribution is 9.10. The van der Waals surface area contributed by atoms with Crippen molar-refractivity contribution in [2.24, 2.45) is 5.92 Å². The molecular weight excluding hydrogens is 337 g/mol. The van der Waals surface area contributed by atoms with Gasteiger partial charge in [0.2, 0.25) is 11.7 Å². The van der Waals surface area contributed by atoms with Crippen molar-refractivity contribution in [2.45, 2.75) is 32.7 Å². The number of benzene rings is 1.